The van der Waals surface area contributed by atoms with Crippen LogP contribution in [0.3, 0.4) is 0 Å². The molecule has 0 radical (unpaired) electrons. The van der Waals surface area contributed by atoms with E-state index >= 15 is 0 Å². The van der Waals surface area contributed by atoms with Crippen molar-refractivity contribution in [3.63, 3.8) is 0 Å². The minimum atomic E-state index is -1.03. The highest BCUT2D eigenvalue weighted by Gasteiger charge is 2.48. The fourth-order valence-electron chi connectivity index (χ4n) is 4.49. The molecule has 1 saturated heterocycles. The number of benzene rings is 3. The van der Waals surface area contributed by atoms with E-state index in [1.165, 1.54) is 47.6 Å². The highest BCUT2D eigenvalue weighted by Crippen LogP contribution is 2.44. The van der Waals surface area contributed by atoms with Gasteiger partial charge in [-0.2, -0.15) is 0 Å². The Hall–Kier alpha value is -4.37. The summed E-state index contributed by atoms with van der Waals surface area (Å²) in [5.41, 5.74) is 3.47. The molecule has 1 atom stereocenters. The van der Waals surface area contributed by atoms with Gasteiger partial charge < -0.3 is 9.84 Å². The number of thiazole rings is 1. The lowest BCUT2D eigenvalue weighted by Gasteiger charge is -2.23. The largest absolute Gasteiger partial charge is 0.507 e. The van der Waals surface area contributed by atoms with Crippen LogP contribution >= 0.6 is 11.3 Å². The highest BCUT2D eigenvalue weighted by atomic mass is 32.1. The number of rotatable bonds is 4. The molecular formula is C28H21FN2O5S. The standard InChI is InChI=1S/C28H21FN2O5S/c1-14-12-15(2)22-20(13-14)37-28(30-22)31-23(16-4-6-18(7-5-16)27(35)36-3)21(25(33)26(31)34)24(32)17-8-10-19(29)11-9-17/h4-13,23,32H,1-3H3/t23-/m0/s1. The van der Waals surface area contributed by atoms with Crippen LogP contribution in [0.1, 0.15) is 38.7 Å². The van der Waals surface area contributed by atoms with Gasteiger partial charge in [-0.3, -0.25) is 14.5 Å². The summed E-state index contributed by atoms with van der Waals surface area (Å²) in [4.78, 5) is 44.6. The van der Waals surface area contributed by atoms with Crippen LogP contribution in [0.4, 0.5) is 9.52 Å². The van der Waals surface area contributed by atoms with Crippen LogP contribution in [-0.2, 0) is 14.3 Å². The van der Waals surface area contributed by atoms with Crippen LogP contribution in [-0.4, -0.2) is 34.9 Å². The van der Waals surface area contributed by atoms with E-state index in [1.807, 2.05) is 26.0 Å². The van der Waals surface area contributed by atoms with Gasteiger partial charge in [-0.05, 0) is 73.0 Å². The second-order valence-corrected chi connectivity index (χ2v) is 9.72. The van der Waals surface area contributed by atoms with E-state index < -0.39 is 35.3 Å². The lowest BCUT2D eigenvalue weighted by atomic mass is 9.95. The van der Waals surface area contributed by atoms with Gasteiger partial charge in [0, 0.05) is 5.56 Å². The number of hydrogen-bond acceptors (Lipinski definition) is 7. The molecule has 0 unspecified atom stereocenters. The van der Waals surface area contributed by atoms with Crippen molar-refractivity contribution in [3.8, 4) is 0 Å². The van der Waals surface area contributed by atoms with Gasteiger partial charge in [0.2, 0.25) is 0 Å². The lowest BCUT2D eigenvalue weighted by molar-refractivity contribution is -0.132. The van der Waals surface area contributed by atoms with E-state index in [1.54, 1.807) is 12.1 Å². The molecule has 1 N–H and O–H groups in total. The SMILES string of the molecule is COC(=O)c1ccc([C@H]2C(=C(O)c3ccc(F)cc3)C(=O)C(=O)N2c2nc3c(C)cc(C)cc3s2)cc1. The minimum Gasteiger partial charge on any atom is -0.507 e. The summed E-state index contributed by atoms with van der Waals surface area (Å²) < 4.78 is 19.1. The number of anilines is 1. The van der Waals surface area contributed by atoms with Gasteiger partial charge in [-0.15, -0.1) is 0 Å². The first-order valence-electron chi connectivity index (χ1n) is 11.3. The van der Waals surface area contributed by atoms with E-state index in [-0.39, 0.29) is 16.7 Å². The summed E-state index contributed by atoms with van der Waals surface area (Å²) in [5, 5.41) is 11.5. The van der Waals surface area contributed by atoms with Crippen LogP contribution in [0.15, 0.2) is 66.2 Å². The van der Waals surface area contributed by atoms with Gasteiger partial charge >= 0.3 is 11.9 Å². The molecule has 37 heavy (non-hydrogen) atoms. The van der Waals surface area contributed by atoms with Crippen molar-refractivity contribution in [2.75, 3.05) is 12.0 Å². The maximum absolute atomic E-state index is 13.5. The van der Waals surface area contributed by atoms with Crippen molar-refractivity contribution >= 4 is 50.1 Å². The molecule has 7 nitrogen and oxygen atoms in total. The van der Waals surface area contributed by atoms with E-state index in [0.29, 0.717) is 16.2 Å². The van der Waals surface area contributed by atoms with Crippen LogP contribution in [0.2, 0.25) is 0 Å². The van der Waals surface area contributed by atoms with E-state index in [0.717, 1.165) is 28.0 Å². The number of aryl methyl sites for hydroxylation is 2. The molecule has 1 aromatic heterocycles. The maximum Gasteiger partial charge on any atom is 0.337 e. The topological polar surface area (TPSA) is 96.8 Å². The van der Waals surface area contributed by atoms with Crippen molar-refractivity contribution in [2.45, 2.75) is 19.9 Å². The van der Waals surface area contributed by atoms with Gasteiger partial charge in [-0.25, -0.2) is 14.2 Å². The third-order valence-corrected chi connectivity index (χ3v) is 7.24. The number of aliphatic hydroxyl groups is 1. The van der Waals surface area contributed by atoms with Crippen molar-refractivity contribution in [2.24, 2.45) is 0 Å². The Labute approximate surface area is 215 Å². The third-order valence-electron chi connectivity index (χ3n) is 6.23. The zero-order valence-electron chi connectivity index (χ0n) is 20.1. The number of ether oxygens (including phenoxy) is 1. The number of amides is 1. The summed E-state index contributed by atoms with van der Waals surface area (Å²) >= 11 is 1.26. The predicted molar refractivity (Wildman–Crippen MR) is 138 cm³/mol. The molecule has 1 fully saturated rings. The van der Waals surface area contributed by atoms with Crippen LogP contribution in [0.25, 0.3) is 16.0 Å². The number of aliphatic hydroxyl groups excluding tert-OH is 1. The van der Waals surface area contributed by atoms with Crippen molar-refractivity contribution in [1.82, 2.24) is 4.98 Å². The number of fused-ring (bicyclic) bond motifs is 1. The number of methoxy groups -OCH3 is 1. The number of aromatic nitrogens is 1. The number of carbonyl (C=O) groups excluding carboxylic acids is 3. The fraction of sp³-hybridized carbons (Fsp3) is 0.143. The Morgan fingerprint density at radius 1 is 1.03 bits per heavy atom. The molecule has 3 aromatic carbocycles. The summed E-state index contributed by atoms with van der Waals surface area (Å²) in [6.45, 7) is 3.88. The molecule has 4 aromatic rings. The molecule has 2 heterocycles. The Morgan fingerprint density at radius 3 is 2.32 bits per heavy atom. The number of nitrogens with zero attached hydrogens (tertiary/aromatic N) is 2. The first-order chi connectivity index (χ1) is 17.7. The second-order valence-electron chi connectivity index (χ2n) is 8.71. The third kappa shape index (κ3) is 4.17. The molecule has 0 saturated carbocycles. The molecule has 186 valence electrons. The molecule has 0 bridgehead atoms. The van der Waals surface area contributed by atoms with Crippen molar-refractivity contribution in [1.29, 1.82) is 0 Å². The number of esters is 1. The summed E-state index contributed by atoms with van der Waals surface area (Å²) in [7, 11) is 1.27. The molecule has 0 aliphatic carbocycles. The van der Waals surface area contributed by atoms with Crippen molar-refractivity contribution in [3.05, 3.63) is 99.9 Å². The monoisotopic (exact) mass is 516 g/mol. The number of Topliss-reactive ketones (excluding diaryl/α,β-unsaturated/α-hetero) is 1. The Balaban J connectivity index is 1.72. The number of hydrogen-bond donors (Lipinski definition) is 1. The average molecular weight is 517 g/mol. The molecule has 1 aliphatic heterocycles. The van der Waals surface area contributed by atoms with E-state index in [4.69, 9.17) is 4.74 Å². The number of halogens is 1. The zero-order valence-corrected chi connectivity index (χ0v) is 20.9. The summed E-state index contributed by atoms with van der Waals surface area (Å²) in [6.07, 6.45) is 0. The van der Waals surface area contributed by atoms with Gasteiger partial charge in [-0.1, -0.05) is 29.5 Å². The zero-order chi connectivity index (χ0) is 26.4. The Kier molecular flexibility index (Phi) is 6.08. The first-order valence-corrected chi connectivity index (χ1v) is 12.1. The maximum atomic E-state index is 13.5. The average Bonchev–Trinajstić information content (AvgIpc) is 3.42. The highest BCUT2D eigenvalue weighted by molar-refractivity contribution is 7.22. The minimum absolute atomic E-state index is 0.158. The van der Waals surface area contributed by atoms with Gasteiger partial charge in [0.05, 0.1) is 34.5 Å². The van der Waals surface area contributed by atoms with Gasteiger partial charge in [0.1, 0.15) is 11.6 Å². The number of carbonyl (C=O) groups is 3. The van der Waals surface area contributed by atoms with Crippen LogP contribution in [0, 0.1) is 19.7 Å². The first kappa shape index (κ1) is 24.3. The van der Waals surface area contributed by atoms with Crippen LogP contribution < -0.4 is 4.90 Å². The molecule has 1 amide bonds. The molecule has 0 spiro atoms. The van der Waals surface area contributed by atoms with Crippen molar-refractivity contribution < 1.29 is 28.6 Å². The number of ketones is 1. The summed E-state index contributed by atoms with van der Waals surface area (Å²) in [5.74, 6) is -3.22. The van der Waals surface area contributed by atoms with Gasteiger partial charge in [0.15, 0.2) is 5.13 Å². The fourth-order valence-corrected chi connectivity index (χ4v) is 5.66. The smallest absolute Gasteiger partial charge is 0.337 e. The molecule has 1 aliphatic rings. The summed E-state index contributed by atoms with van der Waals surface area (Å²) in [6, 6.07) is 14.1. The normalized spacial score (nSPS) is 17.0. The Bertz CT molecular complexity index is 1610. The molecule has 5 rings (SSSR count). The predicted octanol–water partition coefficient (Wildman–Crippen LogP) is 5.47. The van der Waals surface area contributed by atoms with E-state index in [9.17, 15) is 23.9 Å². The van der Waals surface area contributed by atoms with Crippen LogP contribution in [0.5, 0.6) is 0 Å². The van der Waals surface area contributed by atoms with Gasteiger partial charge in [0.25, 0.3) is 5.78 Å². The lowest BCUT2D eigenvalue weighted by Crippen LogP contribution is -2.29. The van der Waals surface area contributed by atoms with E-state index in [2.05, 4.69) is 4.98 Å². The second kappa shape index (κ2) is 9.25. The quantitative estimate of drug-likeness (QED) is 0.167. The molecule has 9 heteroatoms. The Morgan fingerprint density at radius 2 is 1.68 bits per heavy atom. The molecular weight excluding hydrogens is 495 g/mol.